The quantitative estimate of drug-likeness (QED) is 0.678. The number of likely N-dealkylation sites (N-methyl/N-ethyl adjacent to an activating group) is 1. The van der Waals surface area contributed by atoms with Crippen LogP contribution in [0.2, 0.25) is 0 Å². The summed E-state index contributed by atoms with van der Waals surface area (Å²) in [6, 6.07) is 0.292. The standard InChI is InChI=1S/C17H30N4O3.2ClH/c1-18-12-15-3-2-4-21(15)17(23)14-11-16(22)20(13-14)6-5-19-7-9-24-10-8-19;;/h14-15,18H,2-13H2,1H3;2*1H. The Bertz CT molecular complexity index is 463. The number of hydrogen-bond donors (Lipinski definition) is 1. The molecule has 0 aromatic carbocycles. The van der Waals surface area contributed by atoms with Gasteiger partial charge in [-0.15, -0.1) is 24.8 Å². The van der Waals surface area contributed by atoms with E-state index in [1.807, 2.05) is 16.8 Å². The number of hydrogen-bond acceptors (Lipinski definition) is 5. The van der Waals surface area contributed by atoms with Gasteiger partial charge in [-0.2, -0.15) is 0 Å². The van der Waals surface area contributed by atoms with Crippen LogP contribution in [0.1, 0.15) is 19.3 Å². The molecule has 26 heavy (non-hydrogen) atoms. The molecule has 0 aliphatic carbocycles. The van der Waals surface area contributed by atoms with Crippen molar-refractivity contribution in [2.24, 2.45) is 5.92 Å². The fourth-order valence-electron chi connectivity index (χ4n) is 4.05. The van der Waals surface area contributed by atoms with Crippen molar-refractivity contribution < 1.29 is 14.3 Å². The van der Waals surface area contributed by atoms with E-state index in [1.165, 1.54) is 0 Å². The Morgan fingerprint density at radius 3 is 2.62 bits per heavy atom. The zero-order valence-corrected chi connectivity index (χ0v) is 17.2. The molecule has 2 atom stereocenters. The zero-order chi connectivity index (χ0) is 16.9. The van der Waals surface area contributed by atoms with Gasteiger partial charge in [0.2, 0.25) is 11.8 Å². The first-order valence-corrected chi connectivity index (χ1v) is 9.22. The Morgan fingerprint density at radius 1 is 1.19 bits per heavy atom. The minimum atomic E-state index is -0.153. The summed E-state index contributed by atoms with van der Waals surface area (Å²) in [4.78, 5) is 31.3. The SMILES string of the molecule is CNCC1CCCN1C(=O)C1CC(=O)N(CCN2CCOCC2)C1.Cl.Cl. The third kappa shape index (κ3) is 5.70. The molecular formula is C17H32Cl2N4O3. The van der Waals surface area contributed by atoms with Crippen LogP contribution in [0.5, 0.6) is 0 Å². The number of halogens is 2. The lowest BCUT2D eigenvalue weighted by Crippen LogP contribution is -2.45. The van der Waals surface area contributed by atoms with Gasteiger partial charge >= 0.3 is 0 Å². The van der Waals surface area contributed by atoms with Crippen LogP contribution in [0.25, 0.3) is 0 Å². The second-order valence-electron chi connectivity index (χ2n) is 7.08. The number of carbonyl (C=O) groups excluding carboxylic acids is 2. The monoisotopic (exact) mass is 410 g/mol. The third-order valence-electron chi connectivity index (χ3n) is 5.45. The van der Waals surface area contributed by atoms with Crippen molar-refractivity contribution in [3.8, 4) is 0 Å². The summed E-state index contributed by atoms with van der Waals surface area (Å²) in [5, 5.41) is 3.17. The molecule has 152 valence electrons. The fourth-order valence-corrected chi connectivity index (χ4v) is 4.05. The van der Waals surface area contributed by atoms with Gasteiger partial charge in [0.05, 0.1) is 19.1 Å². The summed E-state index contributed by atoms with van der Waals surface area (Å²) in [5.41, 5.74) is 0. The largest absolute Gasteiger partial charge is 0.379 e. The summed E-state index contributed by atoms with van der Waals surface area (Å²) < 4.78 is 5.35. The second kappa shape index (κ2) is 11.3. The van der Waals surface area contributed by atoms with Crippen LogP contribution in [-0.4, -0.2) is 98.6 Å². The van der Waals surface area contributed by atoms with Crippen LogP contribution in [-0.2, 0) is 14.3 Å². The number of carbonyl (C=O) groups is 2. The van der Waals surface area contributed by atoms with E-state index >= 15 is 0 Å². The molecule has 3 fully saturated rings. The van der Waals surface area contributed by atoms with Crippen LogP contribution in [0.3, 0.4) is 0 Å². The summed E-state index contributed by atoms with van der Waals surface area (Å²) >= 11 is 0. The lowest BCUT2D eigenvalue weighted by molar-refractivity contribution is -0.136. The van der Waals surface area contributed by atoms with Crippen molar-refractivity contribution in [3.05, 3.63) is 0 Å². The van der Waals surface area contributed by atoms with E-state index in [2.05, 4.69) is 10.2 Å². The van der Waals surface area contributed by atoms with Crippen LogP contribution < -0.4 is 5.32 Å². The van der Waals surface area contributed by atoms with Crippen molar-refractivity contribution in [3.63, 3.8) is 0 Å². The van der Waals surface area contributed by atoms with Crippen LogP contribution >= 0.6 is 24.8 Å². The molecule has 3 aliphatic rings. The molecule has 1 N–H and O–H groups in total. The molecule has 9 heteroatoms. The number of nitrogens with zero attached hydrogens (tertiary/aromatic N) is 3. The van der Waals surface area contributed by atoms with E-state index in [9.17, 15) is 9.59 Å². The summed E-state index contributed by atoms with van der Waals surface area (Å²) in [5.74, 6) is 0.153. The number of amides is 2. The molecule has 2 amide bonds. The van der Waals surface area contributed by atoms with E-state index in [0.717, 1.165) is 65.3 Å². The maximum absolute atomic E-state index is 12.8. The van der Waals surface area contributed by atoms with Crippen molar-refractivity contribution in [1.29, 1.82) is 0 Å². The van der Waals surface area contributed by atoms with Crippen molar-refractivity contribution >= 4 is 36.6 Å². The first kappa shape index (κ1) is 23.4. The molecule has 0 spiro atoms. The van der Waals surface area contributed by atoms with Gasteiger partial charge in [-0.05, 0) is 19.9 Å². The van der Waals surface area contributed by atoms with Crippen LogP contribution in [0.4, 0.5) is 0 Å². The Kier molecular flexibility index (Phi) is 10.2. The predicted molar refractivity (Wildman–Crippen MR) is 105 cm³/mol. The molecule has 0 aromatic rings. The first-order valence-electron chi connectivity index (χ1n) is 9.22. The Hall–Kier alpha value is -0.600. The number of ether oxygens (including phenoxy) is 1. The van der Waals surface area contributed by atoms with E-state index < -0.39 is 0 Å². The van der Waals surface area contributed by atoms with Gasteiger partial charge in [0, 0.05) is 58.3 Å². The molecular weight excluding hydrogens is 379 g/mol. The molecule has 3 heterocycles. The van der Waals surface area contributed by atoms with E-state index in [0.29, 0.717) is 19.0 Å². The van der Waals surface area contributed by atoms with Gasteiger partial charge in [0.25, 0.3) is 0 Å². The number of nitrogens with one attached hydrogen (secondary N) is 1. The maximum atomic E-state index is 12.8. The molecule has 0 bridgehead atoms. The average molecular weight is 411 g/mol. The van der Waals surface area contributed by atoms with Gasteiger partial charge in [0.15, 0.2) is 0 Å². The molecule has 3 saturated heterocycles. The Balaban J connectivity index is 0.00000169. The normalized spacial score (nSPS) is 26.6. The number of likely N-dealkylation sites (tertiary alicyclic amines) is 2. The molecule has 2 unspecified atom stereocenters. The minimum Gasteiger partial charge on any atom is -0.379 e. The maximum Gasteiger partial charge on any atom is 0.228 e. The van der Waals surface area contributed by atoms with Crippen molar-refractivity contribution in [1.82, 2.24) is 20.0 Å². The third-order valence-corrected chi connectivity index (χ3v) is 5.45. The van der Waals surface area contributed by atoms with Gasteiger partial charge in [-0.1, -0.05) is 0 Å². The van der Waals surface area contributed by atoms with Gasteiger partial charge in [0.1, 0.15) is 0 Å². The zero-order valence-electron chi connectivity index (χ0n) is 15.5. The highest BCUT2D eigenvalue weighted by Crippen LogP contribution is 2.25. The molecule has 0 aromatic heterocycles. The van der Waals surface area contributed by atoms with Gasteiger partial charge in [-0.25, -0.2) is 0 Å². The highest BCUT2D eigenvalue weighted by atomic mass is 35.5. The van der Waals surface area contributed by atoms with Gasteiger partial charge < -0.3 is 19.9 Å². The lowest BCUT2D eigenvalue weighted by atomic mass is 10.1. The Morgan fingerprint density at radius 2 is 1.92 bits per heavy atom. The lowest BCUT2D eigenvalue weighted by Gasteiger charge is -2.29. The van der Waals surface area contributed by atoms with Crippen LogP contribution in [0.15, 0.2) is 0 Å². The minimum absolute atomic E-state index is 0. The summed E-state index contributed by atoms with van der Waals surface area (Å²) in [7, 11) is 1.92. The highest BCUT2D eigenvalue weighted by Gasteiger charge is 2.39. The predicted octanol–water partition coefficient (Wildman–Crippen LogP) is 0.221. The van der Waals surface area contributed by atoms with Crippen molar-refractivity contribution in [2.45, 2.75) is 25.3 Å². The highest BCUT2D eigenvalue weighted by molar-refractivity contribution is 5.89. The fraction of sp³-hybridized carbons (Fsp3) is 0.882. The summed E-state index contributed by atoms with van der Waals surface area (Å²) in [6.45, 7) is 7.29. The summed E-state index contributed by atoms with van der Waals surface area (Å²) in [6.07, 6.45) is 2.51. The molecule has 3 rings (SSSR count). The average Bonchev–Trinajstić information content (AvgIpc) is 3.20. The number of rotatable bonds is 6. The van der Waals surface area contributed by atoms with Gasteiger partial charge in [-0.3, -0.25) is 14.5 Å². The molecule has 3 aliphatic heterocycles. The first-order chi connectivity index (χ1) is 11.7. The van der Waals surface area contributed by atoms with Crippen molar-refractivity contribution in [2.75, 3.05) is 66.1 Å². The smallest absolute Gasteiger partial charge is 0.228 e. The molecule has 0 radical (unpaired) electrons. The molecule has 7 nitrogen and oxygen atoms in total. The van der Waals surface area contributed by atoms with E-state index in [1.54, 1.807) is 0 Å². The topological polar surface area (TPSA) is 65.1 Å². The second-order valence-corrected chi connectivity index (χ2v) is 7.08. The number of morpholine rings is 1. The molecule has 0 saturated carbocycles. The Labute approximate surface area is 168 Å². The van der Waals surface area contributed by atoms with E-state index in [4.69, 9.17) is 4.74 Å². The van der Waals surface area contributed by atoms with Crippen LogP contribution in [0, 0.1) is 5.92 Å². The van der Waals surface area contributed by atoms with E-state index in [-0.39, 0.29) is 42.5 Å².